The number of rotatable bonds is 9. The van der Waals surface area contributed by atoms with Crippen molar-refractivity contribution >= 4 is 0 Å². The Balaban J connectivity index is 1.65. The molecule has 1 fully saturated rings. The Bertz CT molecular complexity index is 455. The van der Waals surface area contributed by atoms with Crippen LogP contribution in [0.2, 0.25) is 0 Å². The van der Waals surface area contributed by atoms with E-state index in [0.717, 1.165) is 12.3 Å². The van der Waals surface area contributed by atoms with Gasteiger partial charge in [0.05, 0.1) is 6.61 Å². The maximum Gasteiger partial charge on any atom is 0.129 e. The molecule has 124 valence electrons. The molecule has 1 saturated carbocycles. The molecule has 1 nitrogen and oxygen atoms in total. The van der Waals surface area contributed by atoms with Crippen LogP contribution in [0.4, 0.5) is 4.39 Å². The minimum absolute atomic E-state index is 0.180. The lowest BCUT2D eigenvalue weighted by molar-refractivity contribution is 0.0259. The van der Waals surface area contributed by atoms with E-state index in [1.54, 1.807) is 13.0 Å². The molecular weight excluding hydrogens is 275 g/mol. The number of hydrogen-bond donors (Lipinski definition) is 0. The van der Waals surface area contributed by atoms with Gasteiger partial charge in [-0.2, -0.15) is 0 Å². The first kappa shape index (κ1) is 17.3. The Morgan fingerprint density at radius 1 is 1.18 bits per heavy atom. The molecule has 1 aromatic carbocycles. The normalized spacial score (nSPS) is 17.3. The smallest absolute Gasteiger partial charge is 0.129 e. The van der Waals surface area contributed by atoms with Crippen molar-refractivity contribution < 1.29 is 9.13 Å². The molecule has 0 saturated heterocycles. The fourth-order valence-electron chi connectivity index (χ4n) is 4.19. The number of ether oxygens (including phenoxy) is 1. The van der Waals surface area contributed by atoms with E-state index >= 15 is 0 Å². The summed E-state index contributed by atoms with van der Waals surface area (Å²) in [6.45, 7) is 7.08. The van der Waals surface area contributed by atoms with E-state index < -0.39 is 0 Å². The van der Waals surface area contributed by atoms with Gasteiger partial charge in [0.2, 0.25) is 0 Å². The van der Waals surface area contributed by atoms with E-state index in [-0.39, 0.29) is 5.82 Å². The molecule has 1 aliphatic carbocycles. The molecule has 0 atom stereocenters. The summed E-state index contributed by atoms with van der Waals surface area (Å²) in [4.78, 5) is 0. The number of halogens is 1. The van der Waals surface area contributed by atoms with Gasteiger partial charge in [0.15, 0.2) is 0 Å². The Morgan fingerprint density at radius 2 is 1.86 bits per heavy atom. The highest BCUT2D eigenvalue weighted by atomic mass is 19.1. The fourth-order valence-corrected chi connectivity index (χ4v) is 4.19. The standard InChI is InChI=1S/C20H31FO/c1-4-10-20(11-5-2)14-17(15-20)7-6-12-22-18-9-8-16(3)19(21)13-18/h8-9,13,17H,4-7,10-12,14-15H2,1-3H3. The SMILES string of the molecule is CCCC1(CCC)CC(CCCOc2ccc(C)c(F)c2)C1. The van der Waals surface area contributed by atoms with E-state index in [0.29, 0.717) is 23.3 Å². The van der Waals surface area contributed by atoms with Gasteiger partial charge in [0, 0.05) is 6.07 Å². The molecule has 0 aliphatic heterocycles. The highest BCUT2D eigenvalue weighted by Gasteiger charge is 2.41. The molecule has 22 heavy (non-hydrogen) atoms. The van der Waals surface area contributed by atoms with Gasteiger partial charge in [-0.05, 0) is 68.4 Å². The topological polar surface area (TPSA) is 9.23 Å². The molecule has 0 radical (unpaired) electrons. The van der Waals surface area contributed by atoms with E-state index in [1.807, 2.05) is 6.07 Å². The van der Waals surface area contributed by atoms with Crippen molar-refractivity contribution in [1.82, 2.24) is 0 Å². The average molecular weight is 306 g/mol. The summed E-state index contributed by atoms with van der Waals surface area (Å²) in [6.07, 6.45) is 10.6. The zero-order chi connectivity index (χ0) is 16.0. The van der Waals surface area contributed by atoms with Crippen molar-refractivity contribution in [3.05, 3.63) is 29.6 Å². The largest absolute Gasteiger partial charge is 0.493 e. The van der Waals surface area contributed by atoms with Crippen molar-refractivity contribution in [2.75, 3.05) is 6.61 Å². The summed E-state index contributed by atoms with van der Waals surface area (Å²) in [6, 6.07) is 5.13. The highest BCUT2D eigenvalue weighted by molar-refractivity contribution is 5.27. The zero-order valence-electron chi connectivity index (χ0n) is 14.5. The summed E-state index contributed by atoms with van der Waals surface area (Å²) >= 11 is 0. The number of hydrogen-bond acceptors (Lipinski definition) is 1. The van der Waals surface area contributed by atoms with Gasteiger partial charge in [-0.3, -0.25) is 0 Å². The molecule has 2 heteroatoms. The van der Waals surface area contributed by atoms with Crippen LogP contribution in [0.1, 0.15) is 70.8 Å². The number of aryl methyl sites for hydroxylation is 1. The van der Waals surface area contributed by atoms with Crippen LogP contribution >= 0.6 is 0 Å². The van der Waals surface area contributed by atoms with Gasteiger partial charge in [0.25, 0.3) is 0 Å². The first-order valence-electron chi connectivity index (χ1n) is 8.97. The van der Waals surface area contributed by atoms with Crippen LogP contribution in [0.5, 0.6) is 5.75 Å². The van der Waals surface area contributed by atoms with Crippen LogP contribution < -0.4 is 4.74 Å². The molecule has 1 aromatic rings. The van der Waals surface area contributed by atoms with Crippen LogP contribution in [0, 0.1) is 24.1 Å². The summed E-state index contributed by atoms with van der Waals surface area (Å²) < 4.78 is 19.1. The maximum absolute atomic E-state index is 13.4. The Labute approximate surface area is 135 Å². The van der Waals surface area contributed by atoms with E-state index in [2.05, 4.69) is 13.8 Å². The van der Waals surface area contributed by atoms with E-state index in [9.17, 15) is 4.39 Å². The van der Waals surface area contributed by atoms with Gasteiger partial charge in [-0.15, -0.1) is 0 Å². The van der Waals surface area contributed by atoms with E-state index in [4.69, 9.17) is 4.74 Å². The van der Waals surface area contributed by atoms with Gasteiger partial charge in [-0.1, -0.05) is 32.8 Å². The molecule has 1 aliphatic rings. The molecule has 0 heterocycles. The van der Waals surface area contributed by atoms with Gasteiger partial charge < -0.3 is 4.74 Å². The van der Waals surface area contributed by atoms with Crippen molar-refractivity contribution in [2.24, 2.45) is 11.3 Å². The monoisotopic (exact) mass is 306 g/mol. The van der Waals surface area contributed by atoms with E-state index in [1.165, 1.54) is 51.0 Å². The van der Waals surface area contributed by atoms with Gasteiger partial charge >= 0.3 is 0 Å². The summed E-state index contributed by atoms with van der Waals surface area (Å²) in [5, 5.41) is 0. The van der Waals surface area contributed by atoms with Crippen molar-refractivity contribution in [1.29, 1.82) is 0 Å². The van der Waals surface area contributed by atoms with Crippen LogP contribution in [0.15, 0.2) is 18.2 Å². The fraction of sp³-hybridized carbons (Fsp3) is 0.700. The third-order valence-corrected chi connectivity index (χ3v) is 5.17. The highest BCUT2D eigenvalue weighted by Crippen LogP contribution is 2.53. The lowest BCUT2D eigenvalue weighted by Crippen LogP contribution is -2.37. The van der Waals surface area contributed by atoms with Gasteiger partial charge in [0.1, 0.15) is 11.6 Å². The Morgan fingerprint density at radius 3 is 2.45 bits per heavy atom. The minimum atomic E-state index is -0.180. The minimum Gasteiger partial charge on any atom is -0.493 e. The second kappa shape index (κ2) is 7.99. The molecule has 0 N–H and O–H groups in total. The third-order valence-electron chi connectivity index (χ3n) is 5.17. The molecule has 0 aromatic heterocycles. The lowest BCUT2D eigenvalue weighted by Gasteiger charge is -2.48. The third kappa shape index (κ3) is 4.47. The quantitative estimate of drug-likeness (QED) is 0.487. The van der Waals surface area contributed by atoms with Crippen molar-refractivity contribution in [2.45, 2.75) is 72.1 Å². The average Bonchev–Trinajstić information content (AvgIpc) is 2.45. The van der Waals surface area contributed by atoms with Crippen molar-refractivity contribution in [3.8, 4) is 5.75 Å². The predicted octanol–water partition coefficient (Wildman–Crippen LogP) is 6.29. The summed E-state index contributed by atoms with van der Waals surface area (Å²) in [5.74, 6) is 1.36. The predicted molar refractivity (Wildman–Crippen MR) is 90.8 cm³/mol. The van der Waals surface area contributed by atoms with Crippen LogP contribution in [-0.2, 0) is 0 Å². The first-order valence-corrected chi connectivity index (χ1v) is 8.97. The summed E-state index contributed by atoms with van der Waals surface area (Å²) in [5.41, 5.74) is 1.33. The molecule has 0 amide bonds. The Kier molecular flexibility index (Phi) is 6.28. The Hall–Kier alpha value is -1.05. The lowest BCUT2D eigenvalue weighted by atomic mass is 9.57. The maximum atomic E-state index is 13.4. The molecule has 2 rings (SSSR count). The van der Waals surface area contributed by atoms with Crippen LogP contribution in [0.3, 0.4) is 0 Å². The number of benzene rings is 1. The molecule has 0 bridgehead atoms. The van der Waals surface area contributed by atoms with Crippen LogP contribution in [0.25, 0.3) is 0 Å². The molecular formula is C20H31FO. The summed E-state index contributed by atoms with van der Waals surface area (Å²) in [7, 11) is 0. The zero-order valence-corrected chi connectivity index (χ0v) is 14.5. The van der Waals surface area contributed by atoms with Crippen LogP contribution in [-0.4, -0.2) is 6.61 Å². The molecule has 0 spiro atoms. The molecule has 0 unspecified atom stereocenters. The van der Waals surface area contributed by atoms with Gasteiger partial charge in [-0.25, -0.2) is 4.39 Å². The second-order valence-electron chi connectivity index (χ2n) is 7.18. The second-order valence-corrected chi connectivity index (χ2v) is 7.18. The first-order chi connectivity index (χ1) is 10.6. The van der Waals surface area contributed by atoms with Crippen molar-refractivity contribution in [3.63, 3.8) is 0 Å².